The van der Waals surface area contributed by atoms with Gasteiger partial charge in [-0.1, -0.05) is 28.4 Å². The minimum Gasteiger partial charge on any atom is -0.460 e. The van der Waals surface area contributed by atoms with Gasteiger partial charge in [0, 0.05) is 23.6 Å². The zero-order chi connectivity index (χ0) is 17.3. The van der Waals surface area contributed by atoms with Crippen LogP contribution in [0.5, 0.6) is 5.75 Å². The standard InChI is InChI=1S/C15H9Cl2N3O4/c1-8(21)24-14-7-23-13(5-12(14)22)10-4-9(16)2-3-11(10)20-6-15(17)18-19-20/h2-7H,1H3. The van der Waals surface area contributed by atoms with E-state index in [0.29, 0.717) is 16.3 Å². The molecule has 0 amide bonds. The number of aromatic nitrogens is 3. The fourth-order valence-electron chi connectivity index (χ4n) is 2.04. The molecule has 0 radical (unpaired) electrons. The van der Waals surface area contributed by atoms with E-state index in [0.717, 1.165) is 6.26 Å². The number of ether oxygens (including phenoxy) is 1. The van der Waals surface area contributed by atoms with Crippen molar-refractivity contribution in [1.82, 2.24) is 15.0 Å². The maximum Gasteiger partial charge on any atom is 0.308 e. The summed E-state index contributed by atoms with van der Waals surface area (Å²) in [5, 5.41) is 8.24. The van der Waals surface area contributed by atoms with Crippen LogP contribution in [0.15, 0.2) is 45.9 Å². The molecule has 0 N–H and O–H groups in total. The monoisotopic (exact) mass is 365 g/mol. The summed E-state index contributed by atoms with van der Waals surface area (Å²) >= 11 is 11.8. The maximum absolute atomic E-state index is 12.1. The molecule has 0 spiro atoms. The summed E-state index contributed by atoms with van der Waals surface area (Å²) in [5.74, 6) is -0.589. The summed E-state index contributed by atoms with van der Waals surface area (Å²) in [7, 11) is 0. The van der Waals surface area contributed by atoms with E-state index in [1.54, 1.807) is 18.2 Å². The van der Waals surface area contributed by atoms with E-state index in [9.17, 15) is 9.59 Å². The molecule has 0 fully saturated rings. The maximum atomic E-state index is 12.1. The molecule has 0 unspecified atom stereocenters. The first-order valence-electron chi connectivity index (χ1n) is 6.63. The minimum absolute atomic E-state index is 0.196. The van der Waals surface area contributed by atoms with Crippen LogP contribution in [0, 0.1) is 0 Å². The Labute approximate surface area is 145 Å². The van der Waals surface area contributed by atoms with Gasteiger partial charge < -0.3 is 9.15 Å². The topological polar surface area (TPSA) is 87.2 Å². The summed E-state index contributed by atoms with van der Waals surface area (Å²) in [6, 6.07) is 6.15. The number of hydrogen-bond acceptors (Lipinski definition) is 6. The van der Waals surface area contributed by atoms with Crippen LogP contribution in [0.4, 0.5) is 0 Å². The van der Waals surface area contributed by atoms with Crippen molar-refractivity contribution >= 4 is 29.2 Å². The van der Waals surface area contributed by atoms with E-state index >= 15 is 0 Å². The Hall–Kier alpha value is -2.64. The lowest BCUT2D eigenvalue weighted by Crippen LogP contribution is -2.11. The lowest BCUT2D eigenvalue weighted by atomic mass is 10.1. The van der Waals surface area contributed by atoms with E-state index in [1.807, 2.05) is 0 Å². The number of carbonyl (C=O) groups excluding carboxylic acids is 1. The first-order chi connectivity index (χ1) is 11.4. The highest BCUT2D eigenvalue weighted by Gasteiger charge is 2.14. The highest BCUT2D eigenvalue weighted by molar-refractivity contribution is 6.31. The first-order valence-corrected chi connectivity index (χ1v) is 7.39. The molecule has 0 saturated heterocycles. The fourth-order valence-corrected chi connectivity index (χ4v) is 2.33. The molecule has 1 aromatic carbocycles. The van der Waals surface area contributed by atoms with Crippen molar-refractivity contribution in [3.05, 3.63) is 57.1 Å². The highest BCUT2D eigenvalue weighted by Crippen LogP contribution is 2.29. The quantitative estimate of drug-likeness (QED) is 0.662. The molecule has 0 saturated carbocycles. The third kappa shape index (κ3) is 3.32. The van der Waals surface area contributed by atoms with Crippen molar-refractivity contribution in [3.63, 3.8) is 0 Å². The normalized spacial score (nSPS) is 10.6. The van der Waals surface area contributed by atoms with Crippen LogP contribution in [0.1, 0.15) is 6.92 Å². The van der Waals surface area contributed by atoms with E-state index in [-0.39, 0.29) is 16.7 Å². The van der Waals surface area contributed by atoms with E-state index < -0.39 is 11.4 Å². The second-order valence-electron chi connectivity index (χ2n) is 4.71. The largest absolute Gasteiger partial charge is 0.460 e. The number of benzene rings is 1. The molecule has 0 bridgehead atoms. The average molecular weight is 366 g/mol. The van der Waals surface area contributed by atoms with Gasteiger partial charge in [0.1, 0.15) is 12.0 Å². The molecule has 7 nitrogen and oxygen atoms in total. The fraction of sp³-hybridized carbons (Fsp3) is 0.0667. The second kappa shape index (κ2) is 6.46. The predicted molar refractivity (Wildman–Crippen MR) is 86.7 cm³/mol. The van der Waals surface area contributed by atoms with Gasteiger partial charge in [-0.3, -0.25) is 9.59 Å². The Morgan fingerprint density at radius 1 is 1.29 bits per heavy atom. The first kappa shape index (κ1) is 16.2. The van der Waals surface area contributed by atoms with Gasteiger partial charge in [0.05, 0.1) is 11.9 Å². The lowest BCUT2D eigenvalue weighted by Gasteiger charge is -2.09. The SMILES string of the molecule is CC(=O)Oc1coc(-c2cc(Cl)ccc2-n2cc(Cl)nn2)cc1=O. The zero-order valence-electron chi connectivity index (χ0n) is 12.2. The van der Waals surface area contributed by atoms with Gasteiger partial charge in [-0.25, -0.2) is 4.68 Å². The number of carbonyl (C=O) groups is 1. The molecule has 3 aromatic rings. The van der Waals surface area contributed by atoms with Crippen LogP contribution < -0.4 is 10.2 Å². The number of esters is 1. The second-order valence-corrected chi connectivity index (χ2v) is 5.54. The van der Waals surface area contributed by atoms with E-state index in [1.165, 1.54) is 23.9 Å². The summed E-state index contributed by atoms with van der Waals surface area (Å²) < 4.78 is 11.6. The Morgan fingerprint density at radius 2 is 2.08 bits per heavy atom. The van der Waals surface area contributed by atoms with Crippen LogP contribution in [0.3, 0.4) is 0 Å². The highest BCUT2D eigenvalue weighted by atomic mass is 35.5. The van der Waals surface area contributed by atoms with Gasteiger partial charge in [0.2, 0.25) is 11.2 Å². The summed E-state index contributed by atoms with van der Waals surface area (Å²) in [4.78, 5) is 23.0. The van der Waals surface area contributed by atoms with Crippen LogP contribution in [0.25, 0.3) is 17.0 Å². The Balaban J connectivity index is 2.12. The van der Waals surface area contributed by atoms with E-state index in [4.69, 9.17) is 32.4 Å². The third-order valence-corrected chi connectivity index (χ3v) is 3.40. The molecule has 2 aromatic heterocycles. The van der Waals surface area contributed by atoms with Gasteiger partial charge in [-0.2, -0.15) is 0 Å². The lowest BCUT2D eigenvalue weighted by molar-refractivity contribution is -0.132. The molecule has 0 aliphatic carbocycles. The molecular formula is C15H9Cl2N3O4. The van der Waals surface area contributed by atoms with Gasteiger partial charge >= 0.3 is 5.97 Å². The van der Waals surface area contributed by atoms with Crippen molar-refractivity contribution in [1.29, 1.82) is 0 Å². The third-order valence-electron chi connectivity index (χ3n) is 2.99. The summed E-state index contributed by atoms with van der Waals surface area (Å²) in [5.41, 5.74) is 0.548. The number of rotatable bonds is 3. The number of halogens is 2. The predicted octanol–water partition coefficient (Wildman–Crippen LogP) is 3.12. The van der Waals surface area contributed by atoms with Crippen molar-refractivity contribution in [3.8, 4) is 22.8 Å². The Bertz CT molecular complexity index is 981. The van der Waals surface area contributed by atoms with Gasteiger partial charge in [-0.15, -0.1) is 5.10 Å². The smallest absolute Gasteiger partial charge is 0.308 e. The van der Waals surface area contributed by atoms with Crippen molar-refractivity contribution in [2.24, 2.45) is 0 Å². The molecule has 9 heteroatoms. The molecular weight excluding hydrogens is 357 g/mol. The molecule has 0 aliphatic rings. The van der Waals surface area contributed by atoms with Crippen molar-refractivity contribution < 1.29 is 13.9 Å². The molecule has 0 aliphatic heterocycles. The molecule has 24 heavy (non-hydrogen) atoms. The Morgan fingerprint density at radius 3 is 2.71 bits per heavy atom. The Kier molecular flexibility index (Phi) is 4.37. The average Bonchev–Trinajstić information content (AvgIpc) is 2.95. The summed E-state index contributed by atoms with van der Waals surface area (Å²) in [6.07, 6.45) is 2.57. The van der Waals surface area contributed by atoms with Gasteiger partial charge in [0.25, 0.3) is 0 Å². The van der Waals surface area contributed by atoms with Crippen LogP contribution >= 0.6 is 23.2 Å². The minimum atomic E-state index is -0.615. The van der Waals surface area contributed by atoms with Crippen LogP contribution in [0.2, 0.25) is 10.2 Å². The van der Waals surface area contributed by atoms with Crippen LogP contribution in [-0.2, 0) is 4.79 Å². The molecule has 122 valence electrons. The van der Waals surface area contributed by atoms with Crippen molar-refractivity contribution in [2.45, 2.75) is 6.92 Å². The zero-order valence-corrected chi connectivity index (χ0v) is 13.7. The van der Waals surface area contributed by atoms with Crippen LogP contribution in [-0.4, -0.2) is 21.0 Å². The molecule has 3 rings (SSSR count). The molecule has 2 heterocycles. The summed E-state index contributed by atoms with van der Waals surface area (Å²) in [6.45, 7) is 1.19. The van der Waals surface area contributed by atoms with E-state index in [2.05, 4.69) is 10.3 Å². The number of nitrogens with zero attached hydrogens (tertiary/aromatic N) is 3. The van der Waals surface area contributed by atoms with Gasteiger partial charge in [-0.05, 0) is 18.2 Å². The van der Waals surface area contributed by atoms with Gasteiger partial charge in [0.15, 0.2) is 5.15 Å². The van der Waals surface area contributed by atoms with Crippen molar-refractivity contribution in [2.75, 3.05) is 0 Å². The number of hydrogen-bond donors (Lipinski definition) is 0. The molecule has 0 atom stereocenters.